The second kappa shape index (κ2) is 5.67. The molecule has 1 aliphatic heterocycles. The van der Waals surface area contributed by atoms with Crippen LogP contribution in [0.1, 0.15) is 18.4 Å². The Morgan fingerprint density at radius 2 is 2.15 bits per heavy atom. The van der Waals surface area contributed by atoms with E-state index in [0.29, 0.717) is 6.54 Å². The number of fused-ring (bicyclic) bond motifs is 1. The molecular formula is C16H17FN2O. The molecular weight excluding hydrogens is 255 g/mol. The maximum atomic E-state index is 13.7. The number of piperidine rings is 1. The summed E-state index contributed by atoms with van der Waals surface area (Å²) in [7, 11) is 0. The quantitative estimate of drug-likeness (QED) is 0.806. The standard InChI is InChI=1S/C16H17FN2O/c17-15-8-13-2-1-5-18-16(13)14(9-15)10-19-6-3-12(11-20)4-7-19/h1-2,5,8-9,11-12H,3-4,6-7,10H2. The third-order valence-electron chi connectivity index (χ3n) is 3.97. The minimum Gasteiger partial charge on any atom is -0.303 e. The molecule has 0 amide bonds. The minimum absolute atomic E-state index is 0.189. The topological polar surface area (TPSA) is 33.2 Å². The first-order valence-corrected chi connectivity index (χ1v) is 6.97. The van der Waals surface area contributed by atoms with Gasteiger partial charge in [-0.2, -0.15) is 0 Å². The molecule has 0 bridgehead atoms. The molecule has 1 aliphatic rings. The molecule has 1 aromatic carbocycles. The van der Waals surface area contributed by atoms with Crippen LogP contribution in [0, 0.1) is 11.7 Å². The van der Waals surface area contributed by atoms with Crippen molar-refractivity contribution < 1.29 is 9.18 Å². The molecule has 0 radical (unpaired) electrons. The highest BCUT2D eigenvalue weighted by Gasteiger charge is 2.19. The highest BCUT2D eigenvalue weighted by Crippen LogP contribution is 2.22. The van der Waals surface area contributed by atoms with Gasteiger partial charge in [0, 0.05) is 24.0 Å². The first-order valence-electron chi connectivity index (χ1n) is 6.97. The van der Waals surface area contributed by atoms with Gasteiger partial charge in [-0.15, -0.1) is 0 Å². The van der Waals surface area contributed by atoms with E-state index in [1.54, 1.807) is 12.3 Å². The normalized spacial score (nSPS) is 17.4. The zero-order chi connectivity index (χ0) is 13.9. The Balaban J connectivity index is 1.82. The predicted molar refractivity (Wildman–Crippen MR) is 75.8 cm³/mol. The highest BCUT2D eigenvalue weighted by atomic mass is 19.1. The number of carbonyl (C=O) groups excluding carboxylic acids is 1. The van der Waals surface area contributed by atoms with Gasteiger partial charge < -0.3 is 4.79 Å². The number of benzene rings is 1. The van der Waals surface area contributed by atoms with Gasteiger partial charge >= 0.3 is 0 Å². The first kappa shape index (κ1) is 13.2. The molecule has 1 saturated heterocycles. The van der Waals surface area contributed by atoms with E-state index in [2.05, 4.69) is 9.88 Å². The number of carbonyl (C=O) groups is 1. The number of rotatable bonds is 3. The molecule has 0 aliphatic carbocycles. The Labute approximate surface area is 117 Å². The Hall–Kier alpha value is -1.81. The number of likely N-dealkylation sites (tertiary alicyclic amines) is 1. The maximum absolute atomic E-state index is 13.7. The van der Waals surface area contributed by atoms with Crippen LogP contribution in [0.5, 0.6) is 0 Å². The molecule has 0 unspecified atom stereocenters. The van der Waals surface area contributed by atoms with Crippen LogP contribution in [0.2, 0.25) is 0 Å². The lowest BCUT2D eigenvalue weighted by atomic mass is 9.98. The van der Waals surface area contributed by atoms with Crippen LogP contribution in [0.15, 0.2) is 30.5 Å². The summed E-state index contributed by atoms with van der Waals surface area (Å²) in [6, 6.07) is 6.79. The van der Waals surface area contributed by atoms with E-state index in [0.717, 1.165) is 48.7 Å². The highest BCUT2D eigenvalue weighted by molar-refractivity contribution is 5.81. The van der Waals surface area contributed by atoms with Gasteiger partial charge in [0.05, 0.1) is 5.52 Å². The van der Waals surface area contributed by atoms with Crippen LogP contribution in [-0.4, -0.2) is 29.3 Å². The summed E-state index contributed by atoms with van der Waals surface area (Å²) in [4.78, 5) is 17.4. The maximum Gasteiger partial charge on any atom is 0.124 e. The van der Waals surface area contributed by atoms with Crippen LogP contribution in [-0.2, 0) is 11.3 Å². The molecule has 2 heterocycles. The molecule has 3 nitrogen and oxygen atoms in total. The van der Waals surface area contributed by atoms with Crippen molar-refractivity contribution in [3.05, 3.63) is 41.8 Å². The van der Waals surface area contributed by atoms with Crippen molar-refractivity contribution in [1.29, 1.82) is 0 Å². The largest absolute Gasteiger partial charge is 0.303 e. The first-order chi connectivity index (χ1) is 9.76. The number of hydrogen-bond donors (Lipinski definition) is 0. The van der Waals surface area contributed by atoms with Crippen molar-refractivity contribution in [2.75, 3.05) is 13.1 Å². The number of pyridine rings is 1. The van der Waals surface area contributed by atoms with Crippen molar-refractivity contribution in [3.8, 4) is 0 Å². The monoisotopic (exact) mass is 272 g/mol. The summed E-state index contributed by atoms with van der Waals surface area (Å²) in [5.41, 5.74) is 1.79. The summed E-state index contributed by atoms with van der Waals surface area (Å²) in [6.07, 6.45) is 4.58. The van der Waals surface area contributed by atoms with Crippen molar-refractivity contribution in [2.45, 2.75) is 19.4 Å². The second-order valence-corrected chi connectivity index (χ2v) is 5.39. The van der Waals surface area contributed by atoms with Crippen LogP contribution >= 0.6 is 0 Å². The molecule has 104 valence electrons. The summed E-state index contributed by atoms with van der Waals surface area (Å²) in [5.74, 6) is -0.0306. The van der Waals surface area contributed by atoms with Gasteiger partial charge in [-0.1, -0.05) is 6.07 Å². The number of nitrogens with zero attached hydrogens (tertiary/aromatic N) is 2. The van der Waals surface area contributed by atoms with Crippen molar-refractivity contribution in [1.82, 2.24) is 9.88 Å². The summed E-state index contributed by atoms with van der Waals surface area (Å²) in [6.45, 7) is 2.46. The van der Waals surface area contributed by atoms with Crippen LogP contribution < -0.4 is 0 Å². The lowest BCUT2D eigenvalue weighted by Crippen LogP contribution is -2.33. The fourth-order valence-electron chi connectivity index (χ4n) is 2.84. The van der Waals surface area contributed by atoms with Crippen LogP contribution in [0.3, 0.4) is 0 Å². The van der Waals surface area contributed by atoms with Gasteiger partial charge in [0.15, 0.2) is 0 Å². The van der Waals surface area contributed by atoms with Crippen molar-refractivity contribution in [3.63, 3.8) is 0 Å². The van der Waals surface area contributed by atoms with E-state index >= 15 is 0 Å². The summed E-state index contributed by atoms with van der Waals surface area (Å²) < 4.78 is 13.7. The lowest BCUT2D eigenvalue weighted by Gasteiger charge is -2.29. The second-order valence-electron chi connectivity index (χ2n) is 5.39. The fourth-order valence-corrected chi connectivity index (χ4v) is 2.84. The number of aromatic nitrogens is 1. The molecule has 2 aromatic rings. The Morgan fingerprint density at radius 3 is 2.90 bits per heavy atom. The molecule has 4 heteroatoms. The Bertz CT molecular complexity index is 621. The summed E-state index contributed by atoms with van der Waals surface area (Å²) in [5, 5.41) is 0.838. The van der Waals surface area contributed by atoms with Crippen molar-refractivity contribution in [2.24, 2.45) is 5.92 Å². The third-order valence-corrected chi connectivity index (χ3v) is 3.97. The average molecular weight is 272 g/mol. The zero-order valence-corrected chi connectivity index (χ0v) is 11.3. The lowest BCUT2D eigenvalue weighted by molar-refractivity contribution is -0.112. The van der Waals surface area contributed by atoms with Crippen molar-refractivity contribution >= 4 is 17.2 Å². The van der Waals surface area contributed by atoms with Crippen LogP contribution in [0.4, 0.5) is 4.39 Å². The molecule has 0 saturated carbocycles. The van der Waals surface area contributed by atoms with E-state index in [-0.39, 0.29) is 11.7 Å². The van der Waals surface area contributed by atoms with Gasteiger partial charge in [0.1, 0.15) is 12.1 Å². The Morgan fingerprint density at radius 1 is 1.35 bits per heavy atom. The number of halogens is 1. The third kappa shape index (κ3) is 2.70. The van der Waals surface area contributed by atoms with E-state index in [4.69, 9.17) is 0 Å². The van der Waals surface area contributed by atoms with Crippen LogP contribution in [0.25, 0.3) is 10.9 Å². The molecule has 0 atom stereocenters. The smallest absolute Gasteiger partial charge is 0.124 e. The van der Waals surface area contributed by atoms with Gasteiger partial charge in [0.2, 0.25) is 0 Å². The number of aldehydes is 1. The fraction of sp³-hybridized carbons (Fsp3) is 0.375. The molecule has 0 spiro atoms. The molecule has 1 aromatic heterocycles. The average Bonchev–Trinajstić information content (AvgIpc) is 2.48. The minimum atomic E-state index is -0.219. The molecule has 20 heavy (non-hydrogen) atoms. The molecule has 0 N–H and O–H groups in total. The van der Waals surface area contributed by atoms with E-state index < -0.39 is 0 Å². The molecule has 1 fully saturated rings. The van der Waals surface area contributed by atoms with Gasteiger partial charge in [-0.05, 0) is 49.7 Å². The van der Waals surface area contributed by atoms with E-state index in [9.17, 15) is 9.18 Å². The predicted octanol–water partition coefficient (Wildman–Crippen LogP) is 2.78. The van der Waals surface area contributed by atoms with E-state index in [1.807, 2.05) is 12.1 Å². The molecule has 3 rings (SSSR count). The summed E-state index contributed by atoms with van der Waals surface area (Å²) >= 11 is 0. The van der Waals surface area contributed by atoms with Gasteiger partial charge in [0.25, 0.3) is 0 Å². The zero-order valence-electron chi connectivity index (χ0n) is 11.3. The van der Waals surface area contributed by atoms with E-state index in [1.165, 1.54) is 6.07 Å². The Kier molecular flexibility index (Phi) is 3.74. The van der Waals surface area contributed by atoms with Gasteiger partial charge in [-0.25, -0.2) is 4.39 Å². The number of hydrogen-bond acceptors (Lipinski definition) is 3. The SMILES string of the molecule is O=CC1CCN(Cc2cc(F)cc3cccnc23)CC1. The van der Waals surface area contributed by atoms with Gasteiger partial charge in [-0.3, -0.25) is 9.88 Å².